The van der Waals surface area contributed by atoms with E-state index in [2.05, 4.69) is 48.8 Å². The second-order valence-corrected chi connectivity index (χ2v) is 7.19. The van der Waals surface area contributed by atoms with Crippen molar-refractivity contribution in [3.05, 3.63) is 47.9 Å². The molecule has 0 radical (unpaired) electrons. The number of rotatable bonds is 4. The van der Waals surface area contributed by atoms with E-state index < -0.39 is 5.97 Å². The second kappa shape index (κ2) is 6.84. The number of hydrogen-bond acceptors (Lipinski definition) is 4. The Bertz CT molecular complexity index is 704. The Balaban J connectivity index is 2.14. The molecule has 0 spiro atoms. The van der Waals surface area contributed by atoms with Crippen molar-refractivity contribution in [1.29, 1.82) is 0 Å². The molecule has 21 heavy (non-hydrogen) atoms. The summed E-state index contributed by atoms with van der Waals surface area (Å²) in [4.78, 5) is 27.1. The molecule has 8 heteroatoms. The molecule has 0 aliphatic rings. The number of nitrogens with one attached hydrogen (secondary N) is 1. The Morgan fingerprint density at radius 3 is 2.81 bits per heavy atom. The maximum Gasteiger partial charge on any atom is 0.355 e. The Hall–Kier alpha value is -1.00. The molecule has 1 aromatic heterocycles. The van der Waals surface area contributed by atoms with E-state index >= 15 is 0 Å². The predicted molar refractivity (Wildman–Crippen MR) is 91.8 cm³/mol. The zero-order chi connectivity index (χ0) is 15.6. The van der Waals surface area contributed by atoms with E-state index in [1.165, 1.54) is 16.7 Å². The molecule has 0 saturated carbocycles. The molecule has 2 rings (SSSR count). The topological polar surface area (TPSA) is 79.3 Å². The molecule has 5 nitrogen and oxygen atoms in total. The molecule has 1 aromatic carbocycles. The van der Waals surface area contributed by atoms with Crippen molar-refractivity contribution in [1.82, 2.24) is 10.3 Å². The van der Waals surface area contributed by atoms with Gasteiger partial charge in [-0.05, 0) is 63.6 Å². The first-order valence-corrected chi connectivity index (χ1v) is 8.58. The third-order valence-corrected chi connectivity index (χ3v) is 5.02. The minimum atomic E-state index is -1.07. The number of benzene rings is 1. The van der Waals surface area contributed by atoms with Crippen LogP contribution in [0.1, 0.15) is 38.8 Å². The van der Waals surface area contributed by atoms with Gasteiger partial charge in [-0.15, -0.1) is 11.3 Å². The predicted octanol–water partition coefficient (Wildman–Crippen LogP) is 3.70. The number of nitrogens with zero attached hydrogens (tertiary/aromatic N) is 1. The highest BCUT2D eigenvalue weighted by molar-refractivity contribution is 14.1. The Kier molecular flexibility index (Phi) is 5.33. The molecule has 0 aliphatic heterocycles. The maximum atomic E-state index is 12.3. The van der Waals surface area contributed by atoms with Gasteiger partial charge in [0, 0.05) is 13.4 Å². The Morgan fingerprint density at radius 1 is 1.48 bits per heavy atom. The number of amides is 1. The average Bonchev–Trinajstić information content (AvgIpc) is 2.91. The van der Waals surface area contributed by atoms with E-state index in [-0.39, 0.29) is 17.6 Å². The van der Waals surface area contributed by atoms with Gasteiger partial charge in [0.15, 0.2) is 5.69 Å². The van der Waals surface area contributed by atoms with Gasteiger partial charge >= 0.3 is 5.97 Å². The molecular weight excluding hydrogens is 471 g/mol. The fraction of sp³-hybridized carbons (Fsp3) is 0.154. The molecule has 0 aliphatic carbocycles. The molecule has 1 unspecified atom stereocenters. The van der Waals surface area contributed by atoms with Gasteiger partial charge in [-0.3, -0.25) is 4.79 Å². The number of carbonyl (C=O) groups is 2. The summed E-state index contributed by atoms with van der Waals surface area (Å²) in [6.45, 7) is 1.77. The van der Waals surface area contributed by atoms with Crippen LogP contribution in [0, 0.1) is 3.57 Å². The van der Waals surface area contributed by atoms with Gasteiger partial charge in [0.2, 0.25) is 0 Å². The Morgan fingerprint density at radius 2 is 2.19 bits per heavy atom. The summed E-state index contributed by atoms with van der Waals surface area (Å²) in [6, 6.07) is 5.12. The van der Waals surface area contributed by atoms with Crippen molar-refractivity contribution in [2.24, 2.45) is 0 Å². The molecular formula is C13H10BrIN2O3S. The third-order valence-electron chi connectivity index (χ3n) is 2.63. The molecule has 2 N–H and O–H groups in total. The average molecular weight is 481 g/mol. The van der Waals surface area contributed by atoms with E-state index in [0.29, 0.717) is 15.0 Å². The Labute approximate surface area is 147 Å². The zero-order valence-corrected chi connectivity index (χ0v) is 15.3. The minimum Gasteiger partial charge on any atom is -0.476 e. The van der Waals surface area contributed by atoms with E-state index in [0.717, 1.165) is 3.57 Å². The van der Waals surface area contributed by atoms with E-state index in [9.17, 15) is 9.59 Å². The highest BCUT2D eigenvalue weighted by Gasteiger charge is 2.18. The highest BCUT2D eigenvalue weighted by Crippen LogP contribution is 2.22. The van der Waals surface area contributed by atoms with Crippen LogP contribution >= 0.6 is 49.9 Å². The number of carboxylic acids is 1. The van der Waals surface area contributed by atoms with Gasteiger partial charge in [0.1, 0.15) is 5.01 Å². The van der Waals surface area contributed by atoms with Crippen molar-refractivity contribution in [2.75, 3.05) is 0 Å². The van der Waals surface area contributed by atoms with Crippen LogP contribution in [0.4, 0.5) is 0 Å². The molecule has 110 valence electrons. The standard InChI is InChI=1S/C13H10BrIN2O3S/c1-6(12-17-10(5-21-12)13(19)20)16-11(18)8-4-7(15)2-3-9(8)14/h2-6H,1H3,(H,16,18)(H,19,20). The third kappa shape index (κ3) is 4.01. The molecule has 2 aromatic rings. The molecule has 1 amide bonds. The molecule has 1 heterocycles. The van der Waals surface area contributed by atoms with Gasteiger partial charge in [-0.25, -0.2) is 9.78 Å². The highest BCUT2D eigenvalue weighted by atomic mass is 127. The van der Waals surface area contributed by atoms with Crippen molar-refractivity contribution in [3.63, 3.8) is 0 Å². The summed E-state index contributed by atoms with van der Waals surface area (Å²) in [6.07, 6.45) is 0. The van der Waals surface area contributed by atoms with Gasteiger partial charge in [0.05, 0.1) is 11.6 Å². The van der Waals surface area contributed by atoms with Crippen LogP contribution < -0.4 is 5.32 Å². The molecule has 0 saturated heterocycles. The summed E-state index contributed by atoms with van der Waals surface area (Å²) in [5.41, 5.74) is 0.523. The van der Waals surface area contributed by atoms with Crippen LogP contribution in [0.25, 0.3) is 0 Å². The summed E-state index contributed by atoms with van der Waals surface area (Å²) in [7, 11) is 0. The lowest BCUT2D eigenvalue weighted by atomic mass is 10.2. The summed E-state index contributed by atoms with van der Waals surface area (Å²) in [5.74, 6) is -1.31. The van der Waals surface area contributed by atoms with E-state index in [1.807, 2.05) is 12.1 Å². The molecule has 0 fully saturated rings. The summed E-state index contributed by atoms with van der Waals surface area (Å²) in [5, 5.41) is 13.7. The summed E-state index contributed by atoms with van der Waals surface area (Å²) < 4.78 is 1.66. The maximum absolute atomic E-state index is 12.3. The van der Waals surface area contributed by atoms with E-state index in [4.69, 9.17) is 5.11 Å². The quantitative estimate of drug-likeness (QED) is 0.654. The van der Waals surface area contributed by atoms with Crippen LogP contribution in [-0.4, -0.2) is 22.0 Å². The fourth-order valence-electron chi connectivity index (χ4n) is 1.59. The number of aromatic carboxylic acids is 1. The number of halogens is 2. The molecule has 1 atom stereocenters. The number of aromatic nitrogens is 1. The van der Waals surface area contributed by atoms with Crippen LogP contribution in [-0.2, 0) is 0 Å². The van der Waals surface area contributed by atoms with E-state index in [1.54, 1.807) is 13.0 Å². The van der Waals surface area contributed by atoms with Gasteiger partial charge in [-0.1, -0.05) is 0 Å². The first kappa shape index (κ1) is 16.4. The van der Waals surface area contributed by atoms with Crippen LogP contribution in [0.5, 0.6) is 0 Å². The lowest BCUT2D eigenvalue weighted by Gasteiger charge is -2.12. The SMILES string of the molecule is CC(NC(=O)c1cc(I)ccc1Br)c1nc(C(=O)O)cs1. The van der Waals surface area contributed by atoms with Gasteiger partial charge in [0.25, 0.3) is 5.91 Å². The number of hydrogen-bond donors (Lipinski definition) is 2. The van der Waals surface area contributed by atoms with Crippen molar-refractivity contribution >= 4 is 61.7 Å². The smallest absolute Gasteiger partial charge is 0.355 e. The van der Waals surface area contributed by atoms with Crippen molar-refractivity contribution in [3.8, 4) is 0 Å². The summed E-state index contributed by atoms with van der Waals surface area (Å²) >= 11 is 6.69. The van der Waals surface area contributed by atoms with Gasteiger partial charge < -0.3 is 10.4 Å². The first-order chi connectivity index (χ1) is 9.88. The largest absolute Gasteiger partial charge is 0.476 e. The monoisotopic (exact) mass is 480 g/mol. The lowest BCUT2D eigenvalue weighted by Crippen LogP contribution is -2.27. The second-order valence-electron chi connectivity index (χ2n) is 4.20. The first-order valence-electron chi connectivity index (χ1n) is 5.83. The number of carbonyl (C=O) groups excluding carboxylic acids is 1. The van der Waals surface area contributed by atoms with Crippen molar-refractivity contribution in [2.45, 2.75) is 13.0 Å². The molecule has 0 bridgehead atoms. The number of thiazole rings is 1. The van der Waals surface area contributed by atoms with Crippen LogP contribution in [0.15, 0.2) is 28.1 Å². The van der Waals surface area contributed by atoms with Gasteiger partial charge in [-0.2, -0.15) is 0 Å². The minimum absolute atomic E-state index is 0.00783. The van der Waals surface area contributed by atoms with Crippen molar-refractivity contribution < 1.29 is 14.7 Å². The number of carboxylic acid groups (broad SMARTS) is 1. The lowest BCUT2D eigenvalue weighted by molar-refractivity contribution is 0.0691. The van der Waals surface area contributed by atoms with Crippen LogP contribution in [0.3, 0.4) is 0 Å². The van der Waals surface area contributed by atoms with Crippen LogP contribution in [0.2, 0.25) is 0 Å². The normalized spacial score (nSPS) is 12.0. The zero-order valence-electron chi connectivity index (χ0n) is 10.8. The fourth-order valence-corrected chi connectivity index (χ4v) is 3.31.